The molecule has 1 rings (SSSR count). The molecule has 0 aromatic rings. The van der Waals surface area contributed by atoms with E-state index in [1.807, 2.05) is 6.08 Å². The minimum absolute atomic E-state index is 0.191. The Hall–Kier alpha value is -2.37. The molecule has 0 bridgehead atoms. The van der Waals surface area contributed by atoms with Gasteiger partial charge in [0.05, 0.1) is 25.4 Å². The van der Waals surface area contributed by atoms with Crippen molar-refractivity contribution in [2.75, 3.05) is 13.2 Å². The molecule has 1 fully saturated rings. The number of carbonyl (C=O) groups excluding carboxylic acids is 1. The van der Waals surface area contributed by atoms with Crippen LogP contribution in [0.15, 0.2) is 72.9 Å². The van der Waals surface area contributed by atoms with Gasteiger partial charge in [0.15, 0.2) is 6.29 Å². The minimum Gasteiger partial charge on any atom is -0.394 e. The van der Waals surface area contributed by atoms with Crippen LogP contribution in [0.2, 0.25) is 0 Å². The van der Waals surface area contributed by atoms with Gasteiger partial charge in [-0.25, -0.2) is 0 Å². The van der Waals surface area contributed by atoms with Crippen LogP contribution < -0.4 is 5.32 Å². The van der Waals surface area contributed by atoms with Gasteiger partial charge in [-0.15, -0.1) is 0 Å². The number of aliphatic hydroxyl groups excluding tert-OH is 5. The number of nitrogens with one attached hydrogen (secondary N) is 1. The number of rotatable bonds is 50. The van der Waals surface area contributed by atoms with Crippen molar-refractivity contribution in [1.82, 2.24) is 5.32 Å². The molecule has 0 aliphatic carbocycles. The number of allylic oxidation sites excluding steroid dienone is 11. The molecule has 9 nitrogen and oxygen atoms in total. The summed E-state index contributed by atoms with van der Waals surface area (Å²) in [5, 5.41) is 54.5. The molecule has 1 amide bonds. The lowest BCUT2D eigenvalue weighted by Crippen LogP contribution is -2.60. The van der Waals surface area contributed by atoms with Gasteiger partial charge in [-0.3, -0.25) is 4.79 Å². The molecular weight excluding hydrogens is 887 g/mol. The van der Waals surface area contributed by atoms with Crippen molar-refractivity contribution in [1.29, 1.82) is 0 Å². The van der Waals surface area contributed by atoms with Crippen LogP contribution in [-0.4, -0.2) is 87.5 Å². The third-order valence-electron chi connectivity index (χ3n) is 13.7. The summed E-state index contributed by atoms with van der Waals surface area (Å²) in [4.78, 5) is 13.1. The number of aliphatic hydroxyl groups is 5. The lowest BCUT2D eigenvalue weighted by atomic mass is 9.99. The summed E-state index contributed by atoms with van der Waals surface area (Å²) in [6, 6.07) is -0.831. The van der Waals surface area contributed by atoms with Crippen molar-refractivity contribution in [3.63, 3.8) is 0 Å². The van der Waals surface area contributed by atoms with E-state index in [9.17, 15) is 30.3 Å². The van der Waals surface area contributed by atoms with Gasteiger partial charge in [-0.2, -0.15) is 0 Å². The lowest BCUT2D eigenvalue weighted by molar-refractivity contribution is -0.302. The normalized spacial score (nSPS) is 19.8. The molecule has 0 spiro atoms. The van der Waals surface area contributed by atoms with Crippen molar-refractivity contribution in [3.05, 3.63) is 72.9 Å². The fraction of sp³-hybridized carbons (Fsp3) is 0.790. The average molecular weight is 999 g/mol. The van der Waals surface area contributed by atoms with E-state index >= 15 is 0 Å². The predicted octanol–water partition coefficient (Wildman–Crippen LogP) is 14.8. The van der Waals surface area contributed by atoms with Crippen molar-refractivity contribution in [2.24, 2.45) is 0 Å². The van der Waals surface area contributed by atoms with Crippen LogP contribution in [-0.2, 0) is 14.3 Å². The van der Waals surface area contributed by atoms with E-state index in [-0.39, 0.29) is 12.5 Å². The largest absolute Gasteiger partial charge is 0.394 e. The molecule has 1 heterocycles. The Morgan fingerprint density at radius 1 is 0.479 bits per heavy atom. The fourth-order valence-corrected chi connectivity index (χ4v) is 9.02. The molecule has 0 saturated carbocycles. The van der Waals surface area contributed by atoms with Gasteiger partial charge in [0.1, 0.15) is 24.4 Å². The van der Waals surface area contributed by atoms with Gasteiger partial charge in [0.2, 0.25) is 5.91 Å². The molecule has 0 aromatic carbocycles. The quantitative estimate of drug-likeness (QED) is 0.0261. The number of carbonyl (C=O) groups is 1. The Bertz CT molecular complexity index is 1340. The summed E-state index contributed by atoms with van der Waals surface area (Å²) in [5.74, 6) is -0.191. The molecule has 0 radical (unpaired) electrons. The molecule has 1 aliphatic heterocycles. The lowest BCUT2D eigenvalue weighted by Gasteiger charge is -2.40. The number of hydrogen-bond donors (Lipinski definition) is 6. The van der Waals surface area contributed by atoms with E-state index in [4.69, 9.17) is 9.47 Å². The number of unbranched alkanes of at least 4 members (excludes halogenated alkanes) is 30. The Balaban J connectivity index is 2.19. The molecule has 6 N–H and O–H groups in total. The van der Waals surface area contributed by atoms with Crippen LogP contribution in [0.5, 0.6) is 0 Å². The van der Waals surface area contributed by atoms with E-state index in [1.165, 1.54) is 173 Å². The van der Waals surface area contributed by atoms with E-state index in [1.54, 1.807) is 6.08 Å². The molecule has 0 aromatic heterocycles. The maximum absolute atomic E-state index is 13.1. The van der Waals surface area contributed by atoms with Crippen LogP contribution in [0.25, 0.3) is 0 Å². The molecule has 71 heavy (non-hydrogen) atoms. The zero-order chi connectivity index (χ0) is 51.5. The maximum Gasteiger partial charge on any atom is 0.220 e. The monoisotopic (exact) mass is 998 g/mol. The van der Waals surface area contributed by atoms with Gasteiger partial charge in [0.25, 0.3) is 0 Å². The topological polar surface area (TPSA) is 149 Å². The van der Waals surface area contributed by atoms with Crippen molar-refractivity contribution >= 4 is 5.91 Å². The third-order valence-corrected chi connectivity index (χ3v) is 13.7. The van der Waals surface area contributed by atoms with Crippen LogP contribution >= 0.6 is 0 Å². The van der Waals surface area contributed by atoms with Gasteiger partial charge >= 0.3 is 0 Å². The Kier molecular flexibility index (Phi) is 48.0. The average Bonchev–Trinajstić information content (AvgIpc) is 3.37. The second kappa shape index (κ2) is 51.1. The predicted molar refractivity (Wildman–Crippen MR) is 299 cm³/mol. The number of hydrogen-bond acceptors (Lipinski definition) is 8. The van der Waals surface area contributed by atoms with E-state index in [0.717, 1.165) is 64.2 Å². The van der Waals surface area contributed by atoms with Crippen LogP contribution in [0.3, 0.4) is 0 Å². The highest BCUT2D eigenvalue weighted by Crippen LogP contribution is 2.23. The first-order valence-corrected chi connectivity index (χ1v) is 29.7. The SMILES string of the molecule is CCCCCCC/C=C\C/C=C\C/C=C\CCCCCCCCCCCCCCCCCCC(=O)NC(COC1OC(CO)C(O)C(O)C1O)C(O)/C=C/CC/C=C/CC/C=C/CCCCCCCCC. The van der Waals surface area contributed by atoms with Gasteiger partial charge < -0.3 is 40.3 Å². The van der Waals surface area contributed by atoms with Crippen LogP contribution in [0.4, 0.5) is 0 Å². The highest BCUT2D eigenvalue weighted by atomic mass is 16.7. The Morgan fingerprint density at radius 2 is 0.845 bits per heavy atom. The second-order valence-electron chi connectivity index (χ2n) is 20.4. The molecule has 7 unspecified atom stereocenters. The molecule has 9 heteroatoms. The first-order chi connectivity index (χ1) is 34.8. The third kappa shape index (κ3) is 40.7. The van der Waals surface area contributed by atoms with Gasteiger partial charge in [-0.05, 0) is 83.5 Å². The van der Waals surface area contributed by atoms with Gasteiger partial charge in [-0.1, -0.05) is 241 Å². The van der Waals surface area contributed by atoms with Gasteiger partial charge in [0, 0.05) is 6.42 Å². The zero-order valence-corrected chi connectivity index (χ0v) is 45.7. The summed E-state index contributed by atoms with van der Waals surface area (Å²) >= 11 is 0. The first-order valence-electron chi connectivity index (χ1n) is 29.7. The number of amides is 1. The van der Waals surface area contributed by atoms with Crippen LogP contribution in [0, 0.1) is 0 Å². The molecule has 412 valence electrons. The highest BCUT2D eigenvalue weighted by Gasteiger charge is 2.44. The summed E-state index contributed by atoms with van der Waals surface area (Å²) in [5.41, 5.74) is 0. The summed E-state index contributed by atoms with van der Waals surface area (Å²) in [6.07, 6.45) is 64.0. The zero-order valence-electron chi connectivity index (χ0n) is 45.7. The van der Waals surface area contributed by atoms with Crippen LogP contribution in [0.1, 0.15) is 258 Å². The summed E-state index contributed by atoms with van der Waals surface area (Å²) in [7, 11) is 0. The fourth-order valence-electron chi connectivity index (χ4n) is 9.02. The van der Waals surface area contributed by atoms with Crippen molar-refractivity contribution in [2.45, 2.75) is 301 Å². The summed E-state index contributed by atoms with van der Waals surface area (Å²) in [6.45, 7) is 3.75. The number of ether oxygens (including phenoxy) is 2. The Labute approximate surface area is 436 Å². The standard InChI is InChI=1S/C62H111NO8/c1-3-5-7-9-11-13-15-17-19-21-22-23-24-25-26-27-28-29-30-31-32-33-34-36-38-40-42-44-46-48-50-52-58(66)63-55(54-70-62-61(69)60(68)59(67)57(53-64)71-62)56(65)51-49-47-45-43-41-39-37-35-20-18-16-14-12-10-8-6-4-2/h15,17,20-22,24-25,35,41,43,49,51,55-57,59-62,64-65,67-69H,3-14,16,18-19,23,26-34,36-40,42,44-48,50,52-54H2,1-2H3,(H,63,66)/b17-15-,22-21-,25-24-,35-20+,43-41+,51-49+. The smallest absolute Gasteiger partial charge is 0.220 e. The molecule has 1 saturated heterocycles. The van der Waals surface area contributed by atoms with Crippen molar-refractivity contribution in [3.8, 4) is 0 Å². The van der Waals surface area contributed by atoms with E-state index < -0.39 is 49.5 Å². The highest BCUT2D eigenvalue weighted by molar-refractivity contribution is 5.76. The molecule has 7 atom stereocenters. The van der Waals surface area contributed by atoms with E-state index in [0.29, 0.717) is 6.42 Å². The first kappa shape index (κ1) is 66.6. The molecular formula is C62H111NO8. The second-order valence-corrected chi connectivity index (χ2v) is 20.4. The van der Waals surface area contributed by atoms with Crippen molar-refractivity contribution < 1.29 is 39.8 Å². The van der Waals surface area contributed by atoms with E-state index in [2.05, 4.69) is 79.9 Å². The minimum atomic E-state index is -1.58. The maximum atomic E-state index is 13.1. The summed E-state index contributed by atoms with van der Waals surface area (Å²) < 4.78 is 11.2. The molecule has 1 aliphatic rings. The Morgan fingerprint density at radius 3 is 1.28 bits per heavy atom.